The fourth-order valence-electron chi connectivity index (χ4n) is 8.63. The van der Waals surface area contributed by atoms with Gasteiger partial charge in [-0.2, -0.15) is 0 Å². The molecule has 0 radical (unpaired) electrons. The molecule has 0 fully saturated rings. The van der Waals surface area contributed by atoms with Gasteiger partial charge >= 0.3 is 0 Å². The van der Waals surface area contributed by atoms with Crippen molar-refractivity contribution >= 4 is 0 Å². The molecule has 9 atom stereocenters. The first-order chi connectivity index (χ1) is 29.1. The highest BCUT2D eigenvalue weighted by Crippen LogP contribution is 2.61. The predicted octanol–water partition coefficient (Wildman–Crippen LogP) is 4.82. The average Bonchev–Trinajstić information content (AvgIpc) is 3.24. The summed E-state index contributed by atoms with van der Waals surface area (Å²) in [5.74, 6) is -8.92. The molecule has 3 heterocycles. The lowest BCUT2D eigenvalue weighted by Gasteiger charge is -2.41. The second kappa shape index (κ2) is 14.5. The van der Waals surface area contributed by atoms with Crippen LogP contribution in [0.5, 0.6) is 69.0 Å². The molecule has 6 aromatic rings. The fraction of sp³-hybridized carbons (Fsp3) is 0.200. The average molecular weight is 835 g/mol. The van der Waals surface area contributed by atoms with Crippen molar-refractivity contribution < 1.29 is 80.6 Å². The van der Waals surface area contributed by atoms with E-state index in [0.29, 0.717) is 11.1 Å². The number of hydrogen-bond acceptors (Lipinski definition) is 16. The molecule has 3 aliphatic heterocycles. The van der Waals surface area contributed by atoms with Gasteiger partial charge in [0.05, 0.1) is 0 Å². The molecule has 0 unspecified atom stereocenters. The van der Waals surface area contributed by atoms with Gasteiger partial charge in [0.2, 0.25) is 17.2 Å². The summed E-state index contributed by atoms with van der Waals surface area (Å²) in [5.41, 5.74) is 0.172. The summed E-state index contributed by atoms with van der Waals surface area (Å²) in [6.45, 7) is 0. The van der Waals surface area contributed by atoms with Gasteiger partial charge in [-0.15, -0.1) is 0 Å². The van der Waals surface area contributed by atoms with Crippen LogP contribution in [0.15, 0.2) is 97.1 Å². The number of ether oxygens (including phenoxy) is 3. The lowest BCUT2D eigenvalue weighted by atomic mass is 9.74. The van der Waals surface area contributed by atoms with E-state index in [2.05, 4.69) is 0 Å². The van der Waals surface area contributed by atoms with E-state index in [9.17, 15) is 66.4 Å². The quantitative estimate of drug-likeness (QED) is 0.104. The zero-order valence-electron chi connectivity index (χ0n) is 31.5. The standard InChI is InChI=1S/C45H38O16/c46-20-7-1-17(2-8-20)40-35(54)29(23-13-14-28(49)34(53)43(23)59-40)24-15-26-30(36(55)41(18-3-9-21(47)10-4-18)60-44(26)38(57)31(24)50)25-16-27-33(52)37(56)42(19-5-11-22(48)12-6-19)61-45(27)39(58)32(25)51/h1-16,29-30,33,35-37,40-42,46-58H/t29-,30-,33-,35-,36+,37-,40-,41-,42-/m1/s1. The highest BCUT2D eigenvalue weighted by atomic mass is 16.5. The summed E-state index contributed by atoms with van der Waals surface area (Å²) in [4.78, 5) is 0. The lowest BCUT2D eigenvalue weighted by Crippen LogP contribution is -2.37. The molecule has 0 spiro atoms. The fourth-order valence-corrected chi connectivity index (χ4v) is 8.63. The molecular weight excluding hydrogens is 796 g/mol. The van der Waals surface area contributed by atoms with Crippen LogP contribution in [-0.2, 0) is 0 Å². The van der Waals surface area contributed by atoms with Gasteiger partial charge in [0.1, 0.15) is 41.7 Å². The van der Waals surface area contributed by atoms with Crippen LogP contribution in [0.25, 0.3) is 0 Å². The number of aliphatic hydroxyl groups is 4. The normalized spacial score (nSPS) is 25.2. The predicted molar refractivity (Wildman–Crippen MR) is 210 cm³/mol. The number of aromatic hydroxyl groups is 9. The third-order valence-corrected chi connectivity index (χ3v) is 11.7. The van der Waals surface area contributed by atoms with Gasteiger partial charge in [0.15, 0.2) is 52.8 Å². The summed E-state index contributed by atoms with van der Waals surface area (Å²) >= 11 is 0. The molecule has 0 aromatic heterocycles. The van der Waals surface area contributed by atoms with E-state index in [1.54, 1.807) is 0 Å². The van der Waals surface area contributed by atoms with Crippen LogP contribution in [0, 0.1) is 0 Å². The van der Waals surface area contributed by atoms with E-state index in [4.69, 9.17) is 14.2 Å². The number of benzene rings is 6. The molecule has 6 aromatic carbocycles. The Kier molecular flexibility index (Phi) is 9.32. The van der Waals surface area contributed by atoms with Gasteiger partial charge in [-0.1, -0.05) is 42.5 Å². The highest BCUT2D eigenvalue weighted by Gasteiger charge is 2.48. The lowest BCUT2D eigenvalue weighted by molar-refractivity contribution is -0.0711. The number of aliphatic hydroxyl groups excluding tert-OH is 4. The van der Waals surface area contributed by atoms with Crippen molar-refractivity contribution in [1.29, 1.82) is 0 Å². The van der Waals surface area contributed by atoms with Gasteiger partial charge in [0, 0.05) is 39.7 Å². The SMILES string of the molecule is Oc1ccc([C@H]2Oc3c(ccc(O)c3O)[C@H](c3cc4c(c(O)c3O)O[C@H](c3ccc(O)cc3)[C@@H](O)[C@@H]4c3cc4c(c(O)c3O)O[C@H](c3ccc(O)cc3)[C@H](O)[C@@H]4O)[C@H]2O)cc1. The minimum atomic E-state index is -1.75. The van der Waals surface area contributed by atoms with E-state index in [1.807, 2.05) is 0 Å². The summed E-state index contributed by atoms with van der Waals surface area (Å²) in [6.07, 6.45) is -10.7. The molecule has 0 amide bonds. The van der Waals surface area contributed by atoms with Crippen molar-refractivity contribution in [3.63, 3.8) is 0 Å². The maximum Gasteiger partial charge on any atom is 0.201 e. The van der Waals surface area contributed by atoms with Crippen molar-refractivity contribution in [2.24, 2.45) is 0 Å². The first kappa shape index (κ1) is 39.2. The Bertz CT molecular complexity index is 2670. The monoisotopic (exact) mass is 834 g/mol. The number of hydrogen-bond donors (Lipinski definition) is 13. The highest BCUT2D eigenvalue weighted by molar-refractivity contribution is 5.69. The first-order valence-electron chi connectivity index (χ1n) is 19.0. The van der Waals surface area contributed by atoms with Gasteiger partial charge in [-0.25, -0.2) is 0 Å². The van der Waals surface area contributed by atoms with Crippen LogP contribution < -0.4 is 14.2 Å². The first-order valence-corrected chi connectivity index (χ1v) is 19.0. The third kappa shape index (κ3) is 6.23. The maximum absolute atomic E-state index is 12.3. The molecule has 13 N–H and O–H groups in total. The second-order valence-corrected chi connectivity index (χ2v) is 15.3. The number of rotatable bonds is 5. The summed E-state index contributed by atoms with van der Waals surface area (Å²) in [7, 11) is 0. The molecule has 3 aliphatic rings. The van der Waals surface area contributed by atoms with Crippen molar-refractivity contribution in [3.05, 3.63) is 142 Å². The zero-order chi connectivity index (χ0) is 43.2. The summed E-state index contributed by atoms with van der Waals surface area (Å²) in [5, 5.41) is 146. The molecule has 9 rings (SSSR count). The van der Waals surface area contributed by atoms with Crippen LogP contribution in [0.2, 0.25) is 0 Å². The largest absolute Gasteiger partial charge is 0.508 e. The number of phenols is 9. The Labute approximate surface area is 345 Å². The third-order valence-electron chi connectivity index (χ3n) is 11.7. The minimum absolute atomic E-state index is 0.0509. The Morgan fingerprint density at radius 3 is 1.13 bits per heavy atom. The van der Waals surface area contributed by atoms with Gasteiger partial charge in [0.25, 0.3) is 0 Å². The number of fused-ring (bicyclic) bond motifs is 3. The second-order valence-electron chi connectivity index (χ2n) is 15.3. The van der Waals surface area contributed by atoms with E-state index >= 15 is 0 Å². The van der Waals surface area contributed by atoms with Crippen molar-refractivity contribution in [3.8, 4) is 69.0 Å². The molecule has 61 heavy (non-hydrogen) atoms. The molecular formula is C45H38O16. The molecule has 0 aliphatic carbocycles. The molecule has 314 valence electrons. The van der Waals surface area contributed by atoms with Crippen molar-refractivity contribution in [1.82, 2.24) is 0 Å². The Balaban J connectivity index is 1.24. The van der Waals surface area contributed by atoms with Crippen LogP contribution in [0.4, 0.5) is 0 Å². The van der Waals surface area contributed by atoms with Crippen LogP contribution in [0.1, 0.15) is 80.8 Å². The van der Waals surface area contributed by atoms with E-state index < -0.39 is 101 Å². The Morgan fingerprint density at radius 1 is 0.328 bits per heavy atom. The molecule has 16 nitrogen and oxygen atoms in total. The van der Waals surface area contributed by atoms with E-state index in [1.165, 1.54) is 91.0 Å². The molecule has 16 heteroatoms. The molecule has 0 bridgehead atoms. The maximum atomic E-state index is 12.3. The Hall–Kier alpha value is -7.24. The van der Waals surface area contributed by atoms with Gasteiger partial charge < -0.3 is 80.6 Å². The van der Waals surface area contributed by atoms with E-state index in [0.717, 1.165) is 6.07 Å². The number of phenolic OH excluding ortho intramolecular Hbond substituents is 9. The van der Waals surface area contributed by atoms with Gasteiger partial charge in [-0.05, 0) is 71.3 Å². The van der Waals surface area contributed by atoms with Crippen LogP contribution >= 0.6 is 0 Å². The molecule has 0 saturated carbocycles. The van der Waals surface area contributed by atoms with Gasteiger partial charge in [-0.3, -0.25) is 0 Å². The topological polar surface area (TPSA) is 291 Å². The van der Waals surface area contributed by atoms with E-state index in [-0.39, 0.29) is 56.4 Å². The minimum Gasteiger partial charge on any atom is -0.508 e. The summed E-state index contributed by atoms with van der Waals surface area (Å²) in [6, 6.07) is 21.6. The smallest absolute Gasteiger partial charge is 0.201 e. The van der Waals surface area contributed by atoms with Crippen molar-refractivity contribution in [2.45, 2.75) is 54.6 Å². The van der Waals surface area contributed by atoms with Crippen LogP contribution in [0.3, 0.4) is 0 Å². The van der Waals surface area contributed by atoms with Crippen LogP contribution in [-0.4, -0.2) is 84.7 Å². The van der Waals surface area contributed by atoms with Crippen molar-refractivity contribution in [2.75, 3.05) is 0 Å². The Morgan fingerprint density at radius 2 is 0.689 bits per heavy atom. The zero-order valence-corrected chi connectivity index (χ0v) is 31.5. The summed E-state index contributed by atoms with van der Waals surface area (Å²) < 4.78 is 18.2. The molecule has 0 saturated heterocycles.